The van der Waals surface area contributed by atoms with Gasteiger partial charge in [-0.05, 0) is 23.8 Å². The zero-order valence-corrected chi connectivity index (χ0v) is 11.7. The summed E-state index contributed by atoms with van der Waals surface area (Å²) in [6.45, 7) is 0.271. The Bertz CT molecular complexity index is 609. The average molecular weight is 314 g/mol. The number of alkyl halides is 3. The Morgan fingerprint density at radius 3 is 2.62 bits per heavy atom. The number of hydrogen-bond acceptors (Lipinski definition) is 3. The second-order valence-electron chi connectivity index (χ2n) is 4.18. The molecule has 3 nitrogen and oxygen atoms in total. The second kappa shape index (κ2) is 6.71. The van der Waals surface area contributed by atoms with Crippen LogP contribution in [0.3, 0.4) is 0 Å². The molecule has 0 unspecified atom stereocenters. The van der Waals surface area contributed by atoms with Gasteiger partial charge >= 0.3 is 6.18 Å². The van der Waals surface area contributed by atoms with Gasteiger partial charge in [0.1, 0.15) is 5.76 Å². The lowest BCUT2D eigenvalue weighted by Crippen LogP contribution is -2.11. The molecular formula is C14H13F3N2OS. The van der Waals surface area contributed by atoms with E-state index in [4.69, 9.17) is 10.2 Å². The van der Waals surface area contributed by atoms with Crippen LogP contribution in [-0.2, 0) is 18.5 Å². The van der Waals surface area contributed by atoms with Gasteiger partial charge in [0, 0.05) is 5.75 Å². The summed E-state index contributed by atoms with van der Waals surface area (Å²) in [6, 6.07) is 8.92. The second-order valence-corrected chi connectivity index (χ2v) is 5.17. The molecule has 0 amide bonds. The number of thioether (sulfide) groups is 1. The van der Waals surface area contributed by atoms with Crippen molar-refractivity contribution in [1.82, 2.24) is 0 Å². The highest BCUT2D eigenvalue weighted by molar-refractivity contribution is 8.13. The third kappa shape index (κ3) is 4.56. The fourth-order valence-corrected chi connectivity index (χ4v) is 2.39. The van der Waals surface area contributed by atoms with E-state index < -0.39 is 11.7 Å². The van der Waals surface area contributed by atoms with Gasteiger partial charge in [0.2, 0.25) is 0 Å². The van der Waals surface area contributed by atoms with Crippen molar-refractivity contribution in [2.24, 2.45) is 10.7 Å². The Hall–Kier alpha value is -1.89. The molecule has 0 saturated carbocycles. The number of nitrogens with zero attached hydrogens (tertiary/aromatic N) is 1. The van der Waals surface area contributed by atoms with Gasteiger partial charge in [0.25, 0.3) is 0 Å². The molecule has 1 heterocycles. The first-order chi connectivity index (χ1) is 9.97. The number of amidine groups is 1. The van der Waals surface area contributed by atoms with Crippen LogP contribution in [0.5, 0.6) is 0 Å². The molecule has 0 bridgehead atoms. The summed E-state index contributed by atoms with van der Waals surface area (Å²) in [7, 11) is 0. The zero-order chi connectivity index (χ0) is 15.3. The van der Waals surface area contributed by atoms with E-state index in [1.54, 1.807) is 18.2 Å². The Morgan fingerprint density at radius 1 is 1.19 bits per heavy atom. The monoisotopic (exact) mass is 314 g/mol. The van der Waals surface area contributed by atoms with E-state index in [9.17, 15) is 13.2 Å². The van der Waals surface area contributed by atoms with E-state index in [0.29, 0.717) is 5.76 Å². The smallest absolute Gasteiger partial charge is 0.416 e. The molecule has 1 aromatic heterocycles. The molecule has 112 valence electrons. The first-order valence-corrected chi connectivity index (χ1v) is 7.05. The van der Waals surface area contributed by atoms with Crippen molar-refractivity contribution >= 4 is 16.9 Å². The van der Waals surface area contributed by atoms with Crippen LogP contribution >= 0.6 is 11.8 Å². The number of benzene rings is 1. The molecule has 0 aliphatic rings. The molecule has 0 aliphatic heterocycles. The van der Waals surface area contributed by atoms with Gasteiger partial charge in [-0.3, -0.25) is 4.99 Å². The average Bonchev–Trinajstić information content (AvgIpc) is 2.95. The van der Waals surface area contributed by atoms with Gasteiger partial charge in [0.05, 0.1) is 18.4 Å². The minimum atomic E-state index is -4.36. The summed E-state index contributed by atoms with van der Waals surface area (Å²) in [5.74, 6) is 0.762. The van der Waals surface area contributed by atoms with Crippen molar-refractivity contribution in [2.45, 2.75) is 18.5 Å². The number of aliphatic imine (C=N–C) groups is 1. The Morgan fingerprint density at radius 2 is 1.95 bits per heavy atom. The molecule has 21 heavy (non-hydrogen) atoms. The van der Waals surface area contributed by atoms with Crippen LogP contribution in [0.1, 0.15) is 16.9 Å². The van der Waals surface area contributed by atoms with Gasteiger partial charge in [-0.25, -0.2) is 0 Å². The molecule has 0 saturated heterocycles. The first kappa shape index (κ1) is 15.5. The minimum Gasteiger partial charge on any atom is -0.467 e. The highest BCUT2D eigenvalue weighted by Crippen LogP contribution is 2.33. The van der Waals surface area contributed by atoms with Crippen LogP contribution < -0.4 is 5.73 Å². The molecule has 0 fully saturated rings. The van der Waals surface area contributed by atoms with E-state index in [1.807, 2.05) is 0 Å². The van der Waals surface area contributed by atoms with Crippen LogP contribution in [0, 0.1) is 0 Å². The normalized spacial score (nSPS) is 12.6. The summed E-state index contributed by atoms with van der Waals surface area (Å²) in [4.78, 5) is 4.06. The fourth-order valence-electron chi connectivity index (χ4n) is 1.68. The molecule has 0 spiro atoms. The van der Waals surface area contributed by atoms with E-state index >= 15 is 0 Å². The van der Waals surface area contributed by atoms with Gasteiger partial charge in [-0.1, -0.05) is 30.0 Å². The van der Waals surface area contributed by atoms with Crippen molar-refractivity contribution in [3.63, 3.8) is 0 Å². The largest absolute Gasteiger partial charge is 0.467 e. The maximum absolute atomic E-state index is 12.8. The number of halogens is 3. The molecule has 7 heteroatoms. The lowest BCUT2D eigenvalue weighted by Gasteiger charge is -2.11. The van der Waals surface area contributed by atoms with E-state index in [1.165, 1.54) is 18.4 Å². The topological polar surface area (TPSA) is 51.5 Å². The van der Waals surface area contributed by atoms with Crippen molar-refractivity contribution < 1.29 is 17.6 Å². The highest BCUT2D eigenvalue weighted by atomic mass is 32.2. The van der Waals surface area contributed by atoms with Gasteiger partial charge < -0.3 is 10.2 Å². The molecule has 0 radical (unpaired) electrons. The Labute approximate surface area is 124 Å². The summed E-state index contributed by atoms with van der Waals surface area (Å²) < 4.78 is 43.6. The number of rotatable bonds is 4. The maximum atomic E-state index is 12.8. The predicted molar refractivity (Wildman–Crippen MR) is 76.8 cm³/mol. The number of furan rings is 1. The van der Waals surface area contributed by atoms with E-state index in [0.717, 1.165) is 17.8 Å². The number of nitrogens with two attached hydrogens (primary N) is 1. The lowest BCUT2D eigenvalue weighted by molar-refractivity contribution is -0.138. The van der Waals surface area contributed by atoms with Crippen molar-refractivity contribution in [2.75, 3.05) is 0 Å². The lowest BCUT2D eigenvalue weighted by atomic mass is 10.1. The van der Waals surface area contributed by atoms with Crippen LogP contribution in [-0.4, -0.2) is 5.17 Å². The molecule has 2 N–H and O–H groups in total. The minimum absolute atomic E-state index is 0.114. The van der Waals surface area contributed by atoms with Crippen LogP contribution in [0.25, 0.3) is 0 Å². The third-order valence-electron chi connectivity index (χ3n) is 2.67. The molecule has 2 rings (SSSR count). The summed E-state index contributed by atoms with van der Waals surface area (Å²) in [6.07, 6.45) is -2.84. The van der Waals surface area contributed by atoms with Crippen LogP contribution in [0.4, 0.5) is 13.2 Å². The summed E-state index contributed by atoms with van der Waals surface area (Å²) in [5, 5.41) is 0.225. The summed E-state index contributed by atoms with van der Waals surface area (Å²) in [5.41, 5.74) is 5.23. The Kier molecular flexibility index (Phi) is 4.95. The zero-order valence-electron chi connectivity index (χ0n) is 10.9. The van der Waals surface area contributed by atoms with Gasteiger partial charge in [-0.15, -0.1) is 0 Å². The SMILES string of the molecule is NC(=NCc1ccco1)SCc1ccccc1C(F)(F)F. The maximum Gasteiger partial charge on any atom is 0.416 e. The van der Waals surface area contributed by atoms with E-state index in [2.05, 4.69) is 4.99 Å². The van der Waals surface area contributed by atoms with Crippen molar-refractivity contribution in [3.8, 4) is 0 Å². The fraction of sp³-hybridized carbons (Fsp3) is 0.214. The molecule has 2 aromatic rings. The first-order valence-electron chi connectivity index (χ1n) is 6.07. The number of hydrogen-bond donors (Lipinski definition) is 1. The standard InChI is InChI=1S/C14H13F3N2OS/c15-14(16,17)12-6-2-1-4-10(12)9-21-13(18)19-8-11-5-3-7-20-11/h1-7H,8-9H2,(H2,18,19). The molecular weight excluding hydrogens is 301 g/mol. The van der Waals surface area contributed by atoms with Gasteiger partial charge in [0.15, 0.2) is 5.17 Å². The van der Waals surface area contributed by atoms with Crippen molar-refractivity contribution in [1.29, 1.82) is 0 Å². The molecule has 0 atom stereocenters. The predicted octanol–water partition coefficient (Wildman–Crippen LogP) is 4.05. The molecule has 1 aromatic carbocycles. The summed E-state index contributed by atoms with van der Waals surface area (Å²) >= 11 is 1.07. The quantitative estimate of drug-likeness (QED) is 0.684. The van der Waals surface area contributed by atoms with Crippen LogP contribution in [0.2, 0.25) is 0 Å². The van der Waals surface area contributed by atoms with E-state index in [-0.39, 0.29) is 23.0 Å². The molecule has 0 aliphatic carbocycles. The van der Waals surface area contributed by atoms with Crippen molar-refractivity contribution in [3.05, 3.63) is 59.5 Å². The highest BCUT2D eigenvalue weighted by Gasteiger charge is 2.32. The third-order valence-corrected chi connectivity index (χ3v) is 3.55. The Balaban J connectivity index is 1.98. The van der Waals surface area contributed by atoms with Crippen LogP contribution in [0.15, 0.2) is 52.1 Å². The van der Waals surface area contributed by atoms with Gasteiger partial charge in [-0.2, -0.15) is 13.2 Å².